The molecular formula is C16H19F3N2S. The van der Waals surface area contributed by atoms with Crippen molar-refractivity contribution in [2.75, 3.05) is 5.73 Å². The van der Waals surface area contributed by atoms with E-state index in [0.717, 1.165) is 5.04 Å². The number of rotatable bonds is 1. The highest BCUT2D eigenvalue weighted by atomic mass is 32.2. The summed E-state index contributed by atoms with van der Waals surface area (Å²) in [5.74, 6) is -3.14. The zero-order valence-corrected chi connectivity index (χ0v) is 13.6. The van der Waals surface area contributed by atoms with Gasteiger partial charge in [-0.05, 0) is 32.0 Å². The molecule has 2 aliphatic rings. The standard InChI is InChI=1S/C16H19F3N2S/c1-9-15(7-16(18,19)8-15)14(3,21-10(2)22-9)12-6-11(20)4-5-13(12)17/h4-6,9H,7-8,20H2,1-3H3/t9-,14-/m1/s1. The average molecular weight is 328 g/mol. The molecule has 1 aliphatic carbocycles. The van der Waals surface area contributed by atoms with Crippen LogP contribution < -0.4 is 5.73 Å². The molecule has 2 N–H and O–H groups in total. The maximum Gasteiger partial charge on any atom is 0.249 e. The highest BCUT2D eigenvalue weighted by Crippen LogP contribution is 2.67. The third-order valence-corrected chi connectivity index (χ3v) is 6.38. The lowest BCUT2D eigenvalue weighted by molar-refractivity contribution is -0.187. The second-order valence-electron chi connectivity index (χ2n) is 6.57. The Kier molecular flexibility index (Phi) is 3.33. The zero-order valence-electron chi connectivity index (χ0n) is 12.8. The molecule has 22 heavy (non-hydrogen) atoms. The fourth-order valence-corrected chi connectivity index (χ4v) is 5.33. The number of hydrogen-bond acceptors (Lipinski definition) is 3. The molecule has 120 valence electrons. The number of aliphatic imine (C=N–C) groups is 1. The minimum atomic E-state index is -2.70. The van der Waals surface area contributed by atoms with Crippen LogP contribution in [0.3, 0.4) is 0 Å². The van der Waals surface area contributed by atoms with E-state index >= 15 is 0 Å². The van der Waals surface area contributed by atoms with Crippen LogP contribution in [0, 0.1) is 11.2 Å². The van der Waals surface area contributed by atoms with Gasteiger partial charge in [0.1, 0.15) is 5.82 Å². The van der Waals surface area contributed by atoms with Crippen LogP contribution in [0.5, 0.6) is 0 Å². The number of thioether (sulfide) groups is 1. The van der Waals surface area contributed by atoms with E-state index in [-0.39, 0.29) is 18.1 Å². The van der Waals surface area contributed by atoms with E-state index in [1.54, 1.807) is 6.92 Å². The van der Waals surface area contributed by atoms with Gasteiger partial charge in [0.2, 0.25) is 5.92 Å². The molecule has 1 fully saturated rings. The van der Waals surface area contributed by atoms with Crippen molar-refractivity contribution in [3.63, 3.8) is 0 Å². The van der Waals surface area contributed by atoms with E-state index < -0.39 is 22.7 Å². The molecule has 1 aromatic carbocycles. The molecule has 6 heteroatoms. The number of alkyl halides is 2. The van der Waals surface area contributed by atoms with Crippen molar-refractivity contribution in [1.82, 2.24) is 0 Å². The van der Waals surface area contributed by atoms with Gasteiger partial charge in [0.15, 0.2) is 0 Å². The molecule has 0 radical (unpaired) electrons. The summed E-state index contributed by atoms with van der Waals surface area (Å²) in [5.41, 5.74) is 4.74. The van der Waals surface area contributed by atoms with Crippen LogP contribution in [0.4, 0.5) is 18.9 Å². The van der Waals surface area contributed by atoms with Crippen LogP contribution in [-0.2, 0) is 5.54 Å². The summed E-state index contributed by atoms with van der Waals surface area (Å²) in [6, 6.07) is 4.30. The largest absolute Gasteiger partial charge is 0.399 e. The Morgan fingerprint density at radius 3 is 2.55 bits per heavy atom. The molecule has 0 bridgehead atoms. The molecule has 1 aromatic rings. The molecule has 0 unspecified atom stereocenters. The van der Waals surface area contributed by atoms with E-state index in [9.17, 15) is 13.2 Å². The number of benzene rings is 1. The van der Waals surface area contributed by atoms with E-state index in [2.05, 4.69) is 4.99 Å². The Bertz CT molecular complexity index is 651. The van der Waals surface area contributed by atoms with E-state index in [1.807, 2.05) is 13.8 Å². The highest BCUT2D eigenvalue weighted by molar-refractivity contribution is 8.14. The van der Waals surface area contributed by atoms with Gasteiger partial charge < -0.3 is 5.73 Å². The summed E-state index contributed by atoms with van der Waals surface area (Å²) in [4.78, 5) is 4.63. The van der Waals surface area contributed by atoms with Crippen molar-refractivity contribution in [2.45, 2.75) is 50.3 Å². The maximum atomic E-state index is 14.4. The average Bonchev–Trinajstić information content (AvgIpc) is 2.36. The van der Waals surface area contributed by atoms with Crippen LogP contribution >= 0.6 is 11.8 Å². The molecule has 1 aliphatic heterocycles. The molecule has 2 atom stereocenters. The Morgan fingerprint density at radius 2 is 1.95 bits per heavy atom. The van der Waals surface area contributed by atoms with Gasteiger partial charge in [0.25, 0.3) is 0 Å². The summed E-state index contributed by atoms with van der Waals surface area (Å²) in [6.45, 7) is 5.54. The van der Waals surface area contributed by atoms with Crippen molar-refractivity contribution < 1.29 is 13.2 Å². The summed E-state index contributed by atoms with van der Waals surface area (Å²) < 4.78 is 41.8. The van der Waals surface area contributed by atoms with Crippen LogP contribution in [-0.4, -0.2) is 16.2 Å². The lowest BCUT2D eigenvalue weighted by atomic mass is 9.52. The number of hydrogen-bond donors (Lipinski definition) is 1. The molecule has 0 saturated heterocycles. The predicted molar refractivity (Wildman–Crippen MR) is 84.9 cm³/mol. The van der Waals surface area contributed by atoms with Gasteiger partial charge in [-0.2, -0.15) is 0 Å². The topological polar surface area (TPSA) is 38.4 Å². The first-order chi connectivity index (χ1) is 10.1. The second kappa shape index (κ2) is 4.66. The maximum absolute atomic E-state index is 14.4. The molecule has 3 rings (SSSR count). The normalized spacial score (nSPS) is 32.5. The van der Waals surface area contributed by atoms with Gasteiger partial charge in [0.05, 0.1) is 10.6 Å². The Balaban J connectivity index is 2.19. The molecule has 0 aromatic heterocycles. The highest BCUT2D eigenvalue weighted by Gasteiger charge is 2.69. The molecule has 1 spiro atoms. The lowest BCUT2D eigenvalue weighted by Crippen LogP contribution is -2.62. The van der Waals surface area contributed by atoms with Gasteiger partial charge in [-0.1, -0.05) is 6.92 Å². The fourth-order valence-electron chi connectivity index (χ4n) is 3.96. The predicted octanol–water partition coefficient (Wildman–Crippen LogP) is 4.59. The minimum Gasteiger partial charge on any atom is -0.399 e. The number of nitrogen functional groups attached to an aromatic ring is 1. The van der Waals surface area contributed by atoms with Crippen LogP contribution in [0.2, 0.25) is 0 Å². The quantitative estimate of drug-likeness (QED) is 0.766. The van der Waals surface area contributed by atoms with Crippen molar-refractivity contribution >= 4 is 22.5 Å². The van der Waals surface area contributed by atoms with Crippen LogP contribution in [0.1, 0.15) is 39.2 Å². The number of nitrogens with two attached hydrogens (primary N) is 1. The molecular weight excluding hydrogens is 309 g/mol. The first kappa shape index (κ1) is 15.7. The summed E-state index contributed by atoms with van der Waals surface area (Å²) >= 11 is 1.49. The van der Waals surface area contributed by atoms with Gasteiger partial charge in [-0.25, -0.2) is 13.2 Å². The fraction of sp³-hybridized carbons (Fsp3) is 0.562. The first-order valence-corrected chi connectivity index (χ1v) is 8.14. The number of anilines is 1. The molecule has 1 heterocycles. The van der Waals surface area contributed by atoms with E-state index in [4.69, 9.17) is 5.73 Å². The van der Waals surface area contributed by atoms with E-state index in [1.165, 1.54) is 30.0 Å². The third kappa shape index (κ3) is 2.07. The third-order valence-electron chi connectivity index (χ3n) is 5.14. The van der Waals surface area contributed by atoms with Crippen molar-refractivity contribution in [2.24, 2.45) is 10.4 Å². The second-order valence-corrected chi connectivity index (χ2v) is 8.10. The van der Waals surface area contributed by atoms with Gasteiger partial charge in [-0.3, -0.25) is 4.99 Å². The van der Waals surface area contributed by atoms with E-state index in [0.29, 0.717) is 11.3 Å². The Labute approximate surface area is 132 Å². The number of nitrogens with zero attached hydrogens (tertiary/aromatic N) is 1. The van der Waals surface area contributed by atoms with Gasteiger partial charge in [-0.15, -0.1) is 11.8 Å². The summed E-state index contributed by atoms with van der Waals surface area (Å²) in [7, 11) is 0. The molecule has 0 amide bonds. The molecule has 2 nitrogen and oxygen atoms in total. The first-order valence-electron chi connectivity index (χ1n) is 7.26. The smallest absolute Gasteiger partial charge is 0.249 e. The van der Waals surface area contributed by atoms with Gasteiger partial charge in [0, 0.05) is 34.8 Å². The Hall–Kier alpha value is -1.17. The Morgan fingerprint density at radius 1 is 1.32 bits per heavy atom. The van der Waals surface area contributed by atoms with Crippen molar-refractivity contribution in [3.05, 3.63) is 29.6 Å². The van der Waals surface area contributed by atoms with Crippen LogP contribution in [0.15, 0.2) is 23.2 Å². The molecule has 1 saturated carbocycles. The zero-order chi connectivity index (χ0) is 16.3. The van der Waals surface area contributed by atoms with Gasteiger partial charge >= 0.3 is 0 Å². The summed E-state index contributed by atoms with van der Waals surface area (Å²) in [5, 5.41) is 0.730. The lowest BCUT2D eigenvalue weighted by Gasteiger charge is -2.60. The van der Waals surface area contributed by atoms with Crippen LogP contribution in [0.25, 0.3) is 0 Å². The monoisotopic (exact) mass is 328 g/mol. The minimum absolute atomic E-state index is 0.0598. The van der Waals surface area contributed by atoms with Crippen molar-refractivity contribution in [1.29, 1.82) is 0 Å². The van der Waals surface area contributed by atoms with Crippen molar-refractivity contribution in [3.8, 4) is 0 Å². The summed E-state index contributed by atoms with van der Waals surface area (Å²) in [6.07, 6.45) is -0.536. The number of halogens is 3. The SMILES string of the molecule is CC1=N[C@](C)(c2cc(N)ccc2F)C2(CC(F)(F)C2)[C@@H](C)S1.